The lowest BCUT2D eigenvalue weighted by molar-refractivity contribution is 0.0991. The summed E-state index contributed by atoms with van der Waals surface area (Å²) in [5.41, 5.74) is 0.531. The van der Waals surface area contributed by atoms with Gasteiger partial charge in [-0.05, 0) is 30.3 Å². The molecule has 2 aromatic carbocycles. The van der Waals surface area contributed by atoms with Gasteiger partial charge >= 0.3 is 11.8 Å². The van der Waals surface area contributed by atoms with Gasteiger partial charge in [-0.3, -0.25) is 4.79 Å². The van der Waals surface area contributed by atoms with E-state index in [0.717, 1.165) is 0 Å². The highest BCUT2D eigenvalue weighted by Gasteiger charge is 2.18. The Morgan fingerprint density at radius 3 is 2.61 bits per heavy atom. The maximum absolute atomic E-state index is 13.7. The number of amides is 1. The Kier molecular flexibility index (Phi) is 4.27. The summed E-state index contributed by atoms with van der Waals surface area (Å²) in [6.45, 7) is 0. The van der Waals surface area contributed by atoms with Crippen LogP contribution in [0.5, 0.6) is 0 Å². The van der Waals surface area contributed by atoms with E-state index in [1.54, 1.807) is 12.1 Å². The maximum Gasteiger partial charge on any atom is 0.313 e. The molecule has 0 aliphatic carbocycles. The van der Waals surface area contributed by atoms with Gasteiger partial charge in [-0.1, -0.05) is 35.3 Å². The third-order valence-electron chi connectivity index (χ3n) is 2.90. The number of nitrogens with one attached hydrogen (secondary N) is 1. The monoisotopic (exact) mass is 351 g/mol. The average molecular weight is 352 g/mol. The van der Waals surface area contributed by atoms with Crippen LogP contribution in [0, 0.1) is 5.82 Å². The normalized spacial score (nSPS) is 10.6. The lowest BCUT2D eigenvalue weighted by atomic mass is 10.2. The van der Waals surface area contributed by atoms with E-state index < -0.39 is 11.7 Å². The van der Waals surface area contributed by atoms with E-state index in [0.29, 0.717) is 15.7 Å². The molecule has 0 unspecified atom stereocenters. The molecule has 8 heteroatoms. The number of nitrogens with zero attached hydrogens (tertiary/aromatic N) is 2. The summed E-state index contributed by atoms with van der Waals surface area (Å²) in [5.74, 6) is -1.54. The average Bonchev–Trinajstić information content (AvgIpc) is 3.01. The van der Waals surface area contributed by atoms with Crippen LogP contribution < -0.4 is 5.32 Å². The van der Waals surface area contributed by atoms with Crippen molar-refractivity contribution in [2.45, 2.75) is 0 Å². The highest BCUT2D eigenvalue weighted by Crippen LogP contribution is 2.25. The minimum Gasteiger partial charge on any atom is -0.412 e. The van der Waals surface area contributed by atoms with Gasteiger partial charge < -0.3 is 9.73 Å². The van der Waals surface area contributed by atoms with Crippen molar-refractivity contribution in [1.82, 2.24) is 10.2 Å². The molecule has 3 aromatic rings. The summed E-state index contributed by atoms with van der Waals surface area (Å²) in [5, 5.41) is 10.5. The number of halogens is 3. The largest absolute Gasteiger partial charge is 0.412 e. The minimum atomic E-state index is -0.640. The molecular formula is C15H8Cl2FN3O2. The fraction of sp³-hybridized carbons (Fsp3) is 0. The van der Waals surface area contributed by atoms with Crippen molar-refractivity contribution in [3.05, 3.63) is 64.2 Å². The zero-order valence-electron chi connectivity index (χ0n) is 11.4. The first-order valence-electron chi connectivity index (χ1n) is 6.39. The Bertz CT molecular complexity index is 883. The summed E-state index contributed by atoms with van der Waals surface area (Å²) in [7, 11) is 0. The first-order chi connectivity index (χ1) is 11.0. The van der Waals surface area contributed by atoms with Crippen LogP contribution in [0.25, 0.3) is 11.5 Å². The van der Waals surface area contributed by atoms with E-state index >= 15 is 0 Å². The number of anilines is 1. The number of carbonyl (C=O) groups is 1. The van der Waals surface area contributed by atoms with Crippen LogP contribution in [0.2, 0.25) is 10.0 Å². The Morgan fingerprint density at radius 2 is 1.87 bits per heavy atom. The van der Waals surface area contributed by atoms with E-state index in [4.69, 9.17) is 27.6 Å². The van der Waals surface area contributed by atoms with Gasteiger partial charge in [0, 0.05) is 5.69 Å². The van der Waals surface area contributed by atoms with Crippen LogP contribution in [0.15, 0.2) is 46.9 Å². The molecule has 3 rings (SSSR count). The van der Waals surface area contributed by atoms with Crippen molar-refractivity contribution in [3.8, 4) is 11.5 Å². The van der Waals surface area contributed by atoms with Crippen molar-refractivity contribution in [2.75, 3.05) is 5.32 Å². The van der Waals surface area contributed by atoms with E-state index in [9.17, 15) is 9.18 Å². The standard InChI is InChI=1S/C15H8Cl2FN3O2/c16-10-6-5-8(7-11(10)17)19-13(22)15-21-20-14(23-15)9-3-1-2-4-12(9)18/h1-7H,(H,19,22). The lowest BCUT2D eigenvalue weighted by Crippen LogP contribution is -2.12. The van der Waals surface area contributed by atoms with Crippen LogP contribution in [-0.4, -0.2) is 16.1 Å². The number of hydrogen-bond acceptors (Lipinski definition) is 4. The van der Waals surface area contributed by atoms with Crippen molar-refractivity contribution < 1.29 is 13.6 Å². The lowest BCUT2D eigenvalue weighted by Gasteiger charge is -2.03. The molecule has 0 aliphatic rings. The number of carbonyl (C=O) groups excluding carboxylic acids is 1. The molecule has 116 valence electrons. The van der Waals surface area contributed by atoms with Gasteiger partial charge in [-0.25, -0.2) is 4.39 Å². The fourth-order valence-corrected chi connectivity index (χ4v) is 2.12. The molecule has 0 atom stereocenters. The number of rotatable bonds is 3. The van der Waals surface area contributed by atoms with Crippen LogP contribution >= 0.6 is 23.2 Å². The van der Waals surface area contributed by atoms with Crippen molar-refractivity contribution in [3.63, 3.8) is 0 Å². The van der Waals surface area contributed by atoms with Crippen LogP contribution in [0.4, 0.5) is 10.1 Å². The smallest absolute Gasteiger partial charge is 0.313 e. The summed E-state index contributed by atoms with van der Waals surface area (Å²) >= 11 is 11.7. The molecule has 1 amide bonds. The Labute approximate surface area is 140 Å². The van der Waals surface area contributed by atoms with Gasteiger partial charge in [-0.15, -0.1) is 10.2 Å². The molecule has 5 nitrogen and oxygen atoms in total. The quantitative estimate of drug-likeness (QED) is 0.757. The SMILES string of the molecule is O=C(Nc1ccc(Cl)c(Cl)c1)c1nnc(-c2ccccc2F)o1. The Morgan fingerprint density at radius 1 is 1.09 bits per heavy atom. The summed E-state index contributed by atoms with van der Waals surface area (Å²) < 4.78 is 18.9. The molecule has 0 bridgehead atoms. The summed E-state index contributed by atoms with van der Waals surface area (Å²) in [6.07, 6.45) is 0. The second-order valence-electron chi connectivity index (χ2n) is 4.48. The molecule has 0 radical (unpaired) electrons. The summed E-state index contributed by atoms with van der Waals surface area (Å²) in [6, 6.07) is 10.5. The zero-order chi connectivity index (χ0) is 16.4. The molecule has 0 fully saturated rings. The van der Waals surface area contributed by atoms with Crippen LogP contribution in [0.1, 0.15) is 10.7 Å². The molecule has 0 spiro atoms. The van der Waals surface area contributed by atoms with E-state index in [-0.39, 0.29) is 17.3 Å². The molecule has 0 aliphatic heterocycles. The third kappa shape index (κ3) is 3.33. The van der Waals surface area contributed by atoms with Crippen molar-refractivity contribution in [2.24, 2.45) is 0 Å². The first-order valence-corrected chi connectivity index (χ1v) is 7.15. The minimum absolute atomic E-state index is 0.0811. The number of hydrogen-bond donors (Lipinski definition) is 1. The van der Waals surface area contributed by atoms with Gasteiger partial charge in [0.05, 0.1) is 15.6 Å². The van der Waals surface area contributed by atoms with Gasteiger partial charge in [0.2, 0.25) is 0 Å². The zero-order valence-corrected chi connectivity index (χ0v) is 12.9. The predicted octanol–water partition coefficient (Wildman–Crippen LogP) is 4.43. The molecule has 0 saturated heterocycles. The molecule has 23 heavy (non-hydrogen) atoms. The number of benzene rings is 2. The van der Waals surface area contributed by atoms with Crippen molar-refractivity contribution >= 4 is 34.8 Å². The third-order valence-corrected chi connectivity index (χ3v) is 3.64. The highest BCUT2D eigenvalue weighted by atomic mass is 35.5. The van der Waals surface area contributed by atoms with Gasteiger partial charge in [-0.2, -0.15) is 0 Å². The predicted molar refractivity (Wildman–Crippen MR) is 84.1 cm³/mol. The van der Waals surface area contributed by atoms with Gasteiger partial charge in [0.15, 0.2) is 0 Å². The van der Waals surface area contributed by atoms with Crippen LogP contribution in [0.3, 0.4) is 0 Å². The topological polar surface area (TPSA) is 68.0 Å². The van der Waals surface area contributed by atoms with Gasteiger partial charge in [0.25, 0.3) is 5.89 Å². The first kappa shape index (κ1) is 15.5. The fourth-order valence-electron chi connectivity index (χ4n) is 1.82. The van der Waals surface area contributed by atoms with Gasteiger partial charge in [0.1, 0.15) is 5.82 Å². The maximum atomic E-state index is 13.7. The molecule has 1 N–H and O–H groups in total. The van der Waals surface area contributed by atoms with Crippen LogP contribution in [-0.2, 0) is 0 Å². The highest BCUT2D eigenvalue weighted by molar-refractivity contribution is 6.42. The van der Waals surface area contributed by atoms with E-state index in [2.05, 4.69) is 15.5 Å². The Balaban J connectivity index is 1.81. The Hall–Kier alpha value is -2.44. The van der Waals surface area contributed by atoms with E-state index in [1.165, 1.54) is 30.3 Å². The molecule has 1 heterocycles. The number of aromatic nitrogens is 2. The van der Waals surface area contributed by atoms with E-state index in [1.807, 2.05) is 0 Å². The summed E-state index contributed by atoms with van der Waals surface area (Å²) in [4.78, 5) is 12.1. The molecule has 0 saturated carbocycles. The molecular weight excluding hydrogens is 344 g/mol. The second-order valence-corrected chi connectivity index (χ2v) is 5.29. The second kappa shape index (κ2) is 6.36. The van der Waals surface area contributed by atoms with Crippen molar-refractivity contribution in [1.29, 1.82) is 0 Å². The molecule has 1 aromatic heterocycles.